The van der Waals surface area contributed by atoms with Gasteiger partial charge in [-0.2, -0.15) is 0 Å². The van der Waals surface area contributed by atoms with Crippen molar-refractivity contribution in [3.8, 4) is 0 Å². The molecule has 3 saturated carbocycles. The van der Waals surface area contributed by atoms with Gasteiger partial charge in [-0.25, -0.2) is 0 Å². The van der Waals surface area contributed by atoms with Gasteiger partial charge in [-0.3, -0.25) is 0 Å². The van der Waals surface area contributed by atoms with E-state index in [0.717, 1.165) is 38.0 Å². The van der Waals surface area contributed by atoms with E-state index in [4.69, 9.17) is 4.74 Å². The first-order chi connectivity index (χ1) is 15.2. The Kier molecular flexibility index (Phi) is 4.40. The molecule has 4 fully saturated rings. The molecule has 0 radical (unpaired) electrons. The molecular weight excluding hydrogens is 408 g/mol. The van der Waals surface area contributed by atoms with Crippen LogP contribution >= 0.6 is 0 Å². The molecule has 6 rings (SSSR count). The first kappa shape index (κ1) is 23.0. The summed E-state index contributed by atoms with van der Waals surface area (Å²) in [5.74, 6) is 1.88. The van der Waals surface area contributed by atoms with Crippen LogP contribution in [0.3, 0.4) is 0 Å². The highest BCUT2D eigenvalue weighted by Gasteiger charge is 2.85. The van der Waals surface area contributed by atoms with Gasteiger partial charge in [-0.15, -0.1) is 0 Å². The summed E-state index contributed by atoms with van der Waals surface area (Å²) in [7, 11) is 0. The number of ether oxygens (including phenoxy) is 1. The van der Waals surface area contributed by atoms with Crippen molar-refractivity contribution in [3.05, 3.63) is 11.1 Å². The molecule has 2 N–H and O–H groups in total. The van der Waals surface area contributed by atoms with Crippen molar-refractivity contribution in [1.82, 2.24) is 0 Å². The summed E-state index contributed by atoms with van der Waals surface area (Å²) in [4.78, 5) is 0. The van der Waals surface area contributed by atoms with E-state index < -0.39 is 0 Å². The Morgan fingerprint density at radius 1 is 0.848 bits per heavy atom. The molecule has 3 nitrogen and oxygen atoms in total. The highest BCUT2D eigenvalue weighted by atomic mass is 16.6. The van der Waals surface area contributed by atoms with Crippen LogP contribution in [-0.4, -0.2) is 34.1 Å². The van der Waals surface area contributed by atoms with Crippen molar-refractivity contribution >= 4 is 0 Å². The number of aliphatic hydroxyl groups is 2. The van der Waals surface area contributed by atoms with Gasteiger partial charge in [-0.05, 0) is 80.0 Å². The maximum Gasteiger partial charge on any atom is 0.110 e. The molecule has 1 aliphatic heterocycles. The second kappa shape index (κ2) is 6.30. The molecule has 11 atom stereocenters. The van der Waals surface area contributed by atoms with E-state index in [2.05, 4.69) is 55.4 Å². The lowest BCUT2D eigenvalue weighted by atomic mass is 9.31. The Balaban J connectivity index is 1.52. The van der Waals surface area contributed by atoms with E-state index in [1.54, 1.807) is 5.57 Å². The second-order valence-electron chi connectivity index (χ2n) is 14.9. The molecule has 33 heavy (non-hydrogen) atoms. The molecule has 0 aromatic carbocycles. The summed E-state index contributed by atoms with van der Waals surface area (Å²) in [6.45, 7) is 19.5. The molecule has 3 heteroatoms. The van der Waals surface area contributed by atoms with Gasteiger partial charge in [0.25, 0.3) is 0 Å². The smallest absolute Gasteiger partial charge is 0.110 e. The zero-order chi connectivity index (χ0) is 24.0. The van der Waals surface area contributed by atoms with Crippen LogP contribution in [0.5, 0.6) is 0 Å². The maximum atomic E-state index is 11.8. The van der Waals surface area contributed by atoms with Gasteiger partial charge in [0.15, 0.2) is 0 Å². The van der Waals surface area contributed by atoms with E-state index in [0.29, 0.717) is 11.8 Å². The molecule has 0 aromatic heterocycles. The predicted octanol–water partition coefficient (Wildman–Crippen LogP) is 6.27. The Hall–Kier alpha value is -0.380. The van der Waals surface area contributed by atoms with Crippen molar-refractivity contribution in [2.45, 2.75) is 131 Å². The largest absolute Gasteiger partial charge is 0.393 e. The fraction of sp³-hybridized carbons (Fsp3) is 0.933. The third kappa shape index (κ3) is 2.27. The lowest BCUT2D eigenvalue weighted by Crippen LogP contribution is -2.72. The number of fused-ring (bicyclic) bond motifs is 4. The van der Waals surface area contributed by atoms with Crippen LogP contribution in [0, 0.1) is 44.8 Å². The third-order valence-electron chi connectivity index (χ3n) is 13.8. The number of epoxide rings is 1. The summed E-state index contributed by atoms with van der Waals surface area (Å²) in [6.07, 6.45) is 8.28. The van der Waals surface area contributed by atoms with E-state index in [-0.39, 0.29) is 51.0 Å². The highest BCUT2D eigenvalue weighted by Crippen LogP contribution is 2.83. The second-order valence-corrected chi connectivity index (χ2v) is 14.9. The Morgan fingerprint density at radius 3 is 2.24 bits per heavy atom. The molecule has 6 aliphatic rings. The van der Waals surface area contributed by atoms with Crippen LogP contribution in [0.15, 0.2) is 11.1 Å². The predicted molar refractivity (Wildman–Crippen MR) is 132 cm³/mol. The van der Waals surface area contributed by atoms with Gasteiger partial charge >= 0.3 is 0 Å². The molecular formula is C30H48O3. The summed E-state index contributed by atoms with van der Waals surface area (Å²) < 4.78 is 7.02. The quantitative estimate of drug-likeness (QED) is 0.334. The van der Waals surface area contributed by atoms with Gasteiger partial charge in [-0.1, -0.05) is 66.5 Å². The molecule has 186 valence electrons. The number of hydrogen-bond donors (Lipinski definition) is 2. The van der Waals surface area contributed by atoms with Crippen LogP contribution in [0.4, 0.5) is 0 Å². The number of hydrogen-bond acceptors (Lipinski definition) is 3. The topological polar surface area (TPSA) is 53.0 Å². The summed E-state index contributed by atoms with van der Waals surface area (Å²) in [5, 5.41) is 22.7. The average molecular weight is 457 g/mol. The zero-order valence-corrected chi connectivity index (χ0v) is 22.4. The molecule has 1 heterocycles. The van der Waals surface area contributed by atoms with Crippen LogP contribution < -0.4 is 0 Å². The molecule has 5 aliphatic carbocycles. The Morgan fingerprint density at radius 2 is 1.55 bits per heavy atom. The van der Waals surface area contributed by atoms with E-state index >= 15 is 0 Å². The standard InChI is InChI=1S/C30H48O3/c1-17-11-12-26(5)22(32)16-29(8)28(7,24(26)18(17)2)14-13-27(6)19-9-10-21(31)25(3,4)20(19)15-23-30(27,29)33-23/h17-18,21-24,31-32H,9-16H2,1-8H3. The fourth-order valence-electron chi connectivity index (χ4n) is 11.4. The van der Waals surface area contributed by atoms with Crippen molar-refractivity contribution in [1.29, 1.82) is 0 Å². The average Bonchev–Trinajstić information content (AvgIpc) is 3.48. The monoisotopic (exact) mass is 456 g/mol. The Labute approximate surface area is 201 Å². The number of aliphatic hydroxyl groups excluding tert-OH is 2. The molecule has 1 spiro atoms. The van der Waals surface area contributed by atoms with Gasteiger partial charge < -0.3 is 14.9 Å². The zero-order valence-electron chi connectivity index (χ0n) is 22.4. The first-order valence-electron chi connectivity index (χ1n) is 14.0. The SMILES string of the molecule is CC1CCC2(C)C(O)CC3(C)C(C)(CCC4(C)C5=C(CC6OC643)C(C)(C)C(O)CC5)C2C1C. The normalized spacial score (nSPS) is 61.3. The van der Waals surface area contributed by atoms with Crippen LogP contribution in [-0.2, 0) is 4.74 Å². The van der Waals surface area contributed by atoms with Gasteiger partial charge in [0.1, 0.15) is 5.60 Å². The first-order valence-corrected chi connectivity index (χ1v) is 14.0. The molecule has 0 amide bonds. The summed E-state index contributed by atoms with van der Waals surface area (Å²) in [6, 6.07) is 0. The fourth-order valence-corrected chi connectivity index (χ4v) is 11.4. The molecule has 0 aromatic rings. The Bertz CT molecular complexity index is 922. The maximum absolute atomic E-state index is 11.8. The minimum Gasteiger partial charge on any atom is -0.393 e. The van der Waals surface area contributed by atoms with Crippen molar-refractivity contribution in [3.63, 3.8) is 0 Å². The third-order valence-corrected chi connectivity index (χ3v) is 13.8. The van der Waals surface area contributed by atoms with Crippen LogP contribution in [0.2, 0.25) is 0 Å². The van der Waals surface area contributed by atoms with E-state index in [1.807, 2.05) is 0 Å². The minimum atomic E-state index is -0.253. The van der Waals surface area contributed by atoms with Crippen molar-refractivity contribution in [2.24, 2.45) is 44.8 Å². The lowest BCUT2D eigenvalue weighted by Gasteiger charge is -2.73. The van der Waals surface area contributed by atoms with Crippen LogP contribution in [0.1, 0.15) is 107 Å². The van der Waals surface area contributed by atoms with Crippen molar-refractivity contribution < 1.29 is 14.9 Å². The minimum absolute atomic E-state index is 0.0188. The molecule has 11 unspecified atom stereocenters. The highest BCUT2D eigenvalue weighted by molar-refractivity contribution is 5.46. The molecule has 0 bridgehead atoms. The molecule has 1 saturated heterocycles. The van der Waals surface area contributed by atoms with Gasteiger partial charge in [0, 0.05) is 16.2 Å². The van der Waals surface area contributed by atoms with E-state index in [1.165, 1.54) is 24.8 Å². The van der Waals surface area contributed by atoms with E-state index in [9.17, 15) is 10.2 Å². The summed E-state index contributed by atoms with van der Waals surface area (Å²) in [5.41, 5.74) is 2.97. The van der Waals surface area contributed by atoms with Gasteiger partial charge in [0.05, 0.1) is 18.3 Å². The van der Waals surface area contributed by atoms with Crippen LogP contribution in [0.25, 0.3) is 0 Å². The number of rotatable bonds is 0. The van der Waals surface area contributed by atoms with Crippen molar-refractivity contribution in [2.75, 3.05) is 0 Å². The lowest BCUT2D eigenvalue weighted by molar-refractivity contribution is -0.264. The summed E-state index contributed by atoms with van der Waals surface area (Å²) >= 11 is 0. The van der Waals surface area contributed by atoms with Gasteiger partial charge in [0.2, 0.25) is 0 Å².